The van der Waals surface area contributed by atoms with Gasteiger partial charge in [-0.2, -0.15) is 13.2 Å². The summed E-state index contributed by atoms with van der Waals surface area (Å²) in [6.07, 6.45) is -4.56. The normalized spacial score (nSPS) is 13.7. The molecule has 1 rings (SSSR count). The second-order valence-corrected chi connectivity index (χ2v) is 4.55. The van der Waals surface area contributed by atoms with E-state index in [4.69, 9.17) is 5.11 Å². The van der Waals surface area contributed by atoms with Crippen molar-refractivity contribution >= 4 is 5.97 Å². The smallest absolute Gasteiger partial charge is 0.416 e. The minimum atomic E-state index is -4.45. The first-order valence-electron chi connectivity index (χ1n) is 5.61. The van der Waals surface area contributed by atoms with Crippen LogP contribution in [0.5, 0.6) is 0 Å². The number of carbonyl (C=O) groups is 1. The Morgan fingerprint density at radius 3 is 2.28 bits per heavy atom. The molecule has 0 fully saturated rings. The van der Waals surface area contributed by atoms with Crippen LogP contribution in [0.15, 0.2) is 24.3 Å². The Morgan fingerprint density at radius 1 is 1.28 bits per heavy atom. The van der Waals surface area contributed by atoms with Gasteiger partial charge in [0.1, 0.15) is 0 Å². The van der Waals surface area contributed by atoms with Gasteiger partial charge in [-0.25, -0.2) is 0 Å². The van der Waals surface area contributed by atoms with Gasteiger partial charge in [-0.15, -0.1) is 0 Å². The molecule has 1 atom stereocenters. The minimum Gasteiger partial charge on any atom is -0.481 e. The predicted octanol–water partition coefficient (Wildman–Crippen LogP) is 3.60. The standard InChI is InChI=1S/C13H15F3O2/c1-8(2)10(12(17)18)7-9-5-3-4-6-11(9)13(14,15)16/h3-6,8,10H,7H2,1-2H3,(H,17,18). The average Bonchev–Trinajstić information content (AvgIpc) is 2.24. The molecule has 0 heterocycles. The Labute approximate surface area is 103 Å². The third-order valence-corrected chi connectivity index (χ3v) is 2.88. The molecule has 0 aliphatic heterocycles. The number of alkyl halides is 3. The lowest BCUT2D eigenvalue weighted by Gasteiger charge is -2.19. The van der Waals surface area contributed by atoms with Crippen LogP contribution >= 0.6 is 0 Å². The molecule has 0 saturated carbocycles. The van der Waals surface area contributed by atoms with Gasteiger partial charge in [-0.1, -0.05) is 32.0 Å². The van der Waals surface area contributed by atoms with Crippen LogP contribution in [0.25, 0.3) is 0 Å². The van der Waals surface area contributed by atoms with E-state index in [1.54, 1.807) is 13.8 Å². The molecule has 0 aliphatic carbocycles. The quantitative estimate of drug-likeness (QED) is 0.898. The van der Waals surface area contributed by atoms with Gasteiger partial charge < -0.3 is 5.11 Å². The summed E-state index contributed by atoms with van der Waals surface area (Å²) in [6.45, 7) is 3.38. The van der Waals surface area contributed by atoms with E-state index >= 15 is 0 Å². The lowest BCUT2D eigenvalue weighted by atomic mass is 9.87. The molecule has 0 amide bonds. The second kappa shape index (κ2) is 5.42. The number of aliphatic carboxylic acids is 1. The Morgan fingerprint density at radius 2 is 1.83 bits per heavy atom. The van der Waals surface area contributed by atoms with Crippen molar-refractivity contribution in [3.05, 3.63) is 35.4 Å². The number of hydrogen-bond donors (Lipinski definition) is 1. The number of rotatable bonds is 4. The van der Waals surface area contributed by atoms with Gasteiger partial charge in [0.15, 0.2) is 0 Å². The first-order chi connectivity index (χ1) is 8.23. The van der Waals surface area contributed by atoms with Crippen molar-refractivity contribution < 1.29 is 23.1 Å². The summed E-state index contributed by atoms with van der Waals surface area (Å²) in [7, 11) is 0. The van der Waals surface area contributed by atoms with Gasteiger partial charge in [-0.05, 0) is 24.0 Å². The highest BCUT2D eigenvalue weighted by Gasteiger charge is 2.34. The fraction of sp³-hybridized carbons (Fsp3) is 0.462. The second-order valence-electron chi connectivity index (χ2n) is 4.55. The van der Waals surface area contributed by atoms with Crippen molar-refractivity contribution in [2.45, 2.75) is 26.4 Å². The SMILES string of the molecule is CC(C)C(Cc1ccccc1C(F)(F)F)C(=O)O. The molecule has 1 unspecified atom stereocenters. The molecular weight excluding hydrogens is 245 g/mol. The summed E-state index contributed by atoms with van der Waals surface area (Å²) in [5.41, 5.74) is -0.719. The first-order valence-corrected chi connectivity index (χ1v) is 5.61. The summed E-state index contributed by atoms with van der Waals surface area (Å²) in [6, 6.07) is 5.11. The molecule has 0 bridgehead atoms. The van der Waals surface area contributed by atoms with Gasteiger partial charge in [0.05, 0.1) is 11.5 Å². The average molecular weight is 260 g/mol. The van der Waals surface area contributed by atoms with E-state index in [1.807, 2.05) is 0 Å². The third kappa shape index (κ3) is 3.48. The first kappa shape index (κ1) is 14.5. The van der Waals surface area contributed by atoms with E-state index in [0.29, 0.717) is 0 Å². The molecule has 0 radical (unpaired) electrons. The van der Waals surface area contributed by atoms with Crippen molar-refractivity contribution in [1.82, 2.24) is 0 Å². The molecule has 0 saturated heterocycles. The highest BCUT2D eigenvalue weighted by atomic mass is 19.4. The number of carboxylic acids is 1. The Balaban J connectivity index is 3.07. The topological polar surface area (TPSA) is 37.3 Å². The van der Waals surface area contributed by atoms with Crippen LogP contribution in [0.2, 0.25) is 0 Å². The van der Waals surface area contributed by atoms with Crippen molar-refractivity contribution in [2.75, 3.05) is 0 Å². The van der Waals surface area contributed by atoms with Gasteiger partial charge >= 0.3 is 12.1 Å². The van der Waals surface area contributed by atoms with Crippen LogP contribution in [-0.4, -0.2) is 11.1 Å². The minimum absolute atomic E-state index is 0.0334. The molecule has 1 N–H and O–H groups in total. The van der Waals surface area contributed by atoms with E-state index in [-0.39, 0.29) is 17.9 Å². The van der Waals surface area contributed by atoms with E-state index in [0.717, 1.165) is 6.07 Å². The summed E-state index contributed by atoms with van der Waals surface area (Å²) >= 11 is 0. The Hall–Kier alpha value is -1.52. The fourth-order valence-electron chi connectivity index (χ4n) is 1.82. The highest BCUT2D eigenvalue weighted by molar-refractivity contribution is 5.70. The number of halogens is 3. The van der Waals surface area contributed by atoms with Crippen LogP contribution in [0.4, 0.5) is 13.2 Å². The van der Waals surface area contributed by atoms with Crippen molar-refractivity contribution in [3.63, 3.8) is 0 Å². The van der Waals surface area contributed by atoms with E-state index < -0.39 is 23.6 Å². The molecule has 1 aromatic carbocycles. The van der Waals surface area contributed by atoms with E-state index in [1.165, 1.54) is 18.2 Å². The van der Waals surface area contributed by atoms with Crippen LogP contribution in [0.3, 0.4) is 0 Å². The molecule has 18 heavy (non-hydrogen) atoms. The third-order valence-electron chi connectivity index (χ3n) is 2.88. The number of hydrogen-bond acceptors (Lipinski definition) is 1. The summed E-state index contributed by atoms with van der Waals surface area (Å²) < 4.78 is 38.3. The molecule has 0 aromatic heterocycles. The molecule has 0 spiro atoms. The number of carboxylic acid groups (broad SMARTS) is 1. The molecule has 5 heteroatoms. The summed E-state index contributed by atoms with van der Waals surface area (Å²) in [4.78, 5) is 11.0. The van der Waals surface area contributed by atoms with E-state index in [9.17, 15) is 18.0 Å². The largest absolute Gasteiger partial charge is 0.481 e. The van der Waals surface area contributed by atoms with Crippen LogP contribution < -0.4 is 0 Å². The van der Waals surface area contributed by atoms with Crippen LogP contribution in [0.1, 0.15) is 25.0 Å². The summed E-state index contributed by atoms with van der Waals surface area (Å²) in [5, 5.41) is 9.02. The van der Waals surface area contributed by atoms with Crippen LogP contribution in [0, 0.1) is 11.8 Å². The predicted molar refractivity (Wildman–Crippen MR) is 61.1 cm³/mol. The maximum atomic E-state index is 12.8. The zero-order chi connectivity index (χ0) is 13.9. The van der Waals surface area contributed by atoms with Gasteiger partial charge in [0.25, 0.3) is 0 Å². The van der Waals surface area contributed by atoms with Crippen molar-refractivity contribution in [3.8, 4) is 0 Å². The highest BCUT2D eigenvalue weighted by Crippen LogP contribution is 2.33. The summed E-state index contributed by atoms with van der Waals surface area (Å²) in [5.74, 6) is -2.10. The van der Waals surface area contributed by atoms with Gasteiger partial charge in [0.2, 0.25) is 0 Å². The Bertz CT molecular complexity index is 424. The number of benzene rings is 1. The lowest BCUT2D eigenvalue weighted by Crippen LogP contribution is -2.23. The molecule has 2 nitrogen and oxygen atoms in total. The van der Waals surface area contributed by atoms with Crippen molar-refractivity contribution in [1.29, 1.82) is 0 Å². The van der Waals surface area contributed by atoms with Crippen molar-refractivity contribution in [2.24, 2.45) is 11.8 Å². The molecular formula is C13H15F3O2. The van der Waals surface area contributed by atoms with Gasteiger partial charge in [-0.3, -0.25) is 4.79 Å². The zero-order valence-corrected chi connectivity index (χ0v) is 10.2. The maximum Gasteiger partial charge on any atom is 0.416 e. The molecule has 100 valence electrons. The lowest BCUT2D eigenvalue weighted by molar-refractivity contribution is -0.144. The fourth-order valence-corrected chi connectivity index (χ4v) is 1.82. The van der Waals surface area contributed by atoms with Crippen LogP contribution in [-0.2, 0) is 17.4 Å². The van der Waals surface area contributed by atoms with E-state index in [2.05, 4.69) is 0 Å². The van der Waals surface area contributed by atoms with Gasteiger partial charge in [0, 0.05) is 0 Å². The maximum absolute atomic E-state index is 12.8. The monoisotopic (exact) mass is 260 g/mol. The molecule has 1 aromatic rings. The molecule has 0 aliphatic rings. The Kier molecular flexibility index (Phi) is 4.38. The zero-order valence-electron chi connectivity index (χ0n) is 10.2.